The number of para-hydroxylation sites is 1. The average molecular weight is 320 g/mol. The molecule has 1 saturated heterocycles. The quantitative estimate of drug-likeness (QED) is 0.803. The Morgan fingerprint density at radius 2 is 2.23 bits per heavy atom. The zero-order valence-corrected chi connectivity index (χ0v) is 12.8. The molecule has 0 bridgehead atoms. The van der Waals surface area contributed by atoms with Gasteiger partial charge in [0, 0.05) is 25.3 Å². The Bertz CT molecular complexity index is 657. The number of nitrogens with two attached hydrogens (primary N) is 1. The lowest BCUT2D eigenvalue weighted by atomic mass is 10.1. The van der Waals surface area contributed by atoms with Gasteiger partial charge in [0.15, 0.2) is 5.82 Å². The number of nitrogens with one attached hydrogen (secondary N) is 2. The van der Waals surface area contributed by atoms with Gasteiger partial charge in [-0.1, -0.05) is 29.8 Å². The number of hydrogen-bond acceptors (Lipinski definition) is 4. The van der Waals surface area contributed by atoms with Crippen LogP contribution in [0.2, 0.25) is 5.02 Å². The lowest BCUT2D eigenvalue weighted by Crippen LogP contribution is -2.31. The second-order valence-electron chi connectivity index (χ2n) is 5.44. The molecule has 0 aliphatic carbocycles. The van der Waals surface area contributed by atoms with Crippen LogP contribution in [0.4, 0.5) is 11.5 Å². The molecule has 1 aromatic carbocycles. The maximum Gasteiger partial charge on any atom is 0.270 e. The lowest BCUT2D eigenvalue weighted by molar-refractivity contribution is 0.0943. The molecule has 1 aliphatic heterocycles. The second-order valence-corrected chi connectivity index (χ2v) is 5.82. The van der Waals surface area contributed by atoms with Gasteiger partial charge >= 0.3 is 0 Å². The Morgan fingerprint density at radius 1 is 1.45 bits per heavy atom. The Hall–Kier alpha value is -2.21. The van der Waals surface area contributed by atoms with E-state index in [1.165, 1.54) is 5.69 Å². The van der Waals surface area contributed by atoms with Crippen LogP contribution >= 0.6 is 11.6 Å². The molecule has 22 heavy (non-hydrogen) atoms. The van der Waals surface area contributed by atoms with E-state index in [1.807, 2.05) is 18.2 Å². The molecule has 1 fully saturated rings. The van der Waals surface area contributed by atoms with Gasteiger partial charge in [0.05, 0.1) is 0 Å². The summed E-state index contributed by atoms with van der Waals surface area (Å²) in [4.78, 5) is 14.4. The van der Waals surface area contributed by atoms with E-state index in [-0.39, 0.29) is 22.4 Å². The molecule has 0 unspecified atom stereocenters. The molecule has 0 radical (unpaired) electrons. The van der Waals surface area contributed by atoms with Crippen LogP contribution in [0.5, 0.6) is 0 Å². The van der Waals surface area contributed by atoms with Gasteiger partial charge in [0.2, 0.25) is 0 Å². The number of hydrogen-bond donors (Lipinski definition) is 3. The molecule has 4 N–H and O–H groups in total. The maximum atomic E-state index is 12.1. The number of halogens is 1. The summed E-state index contributed by atoms with van der Waals surface area (Å²) in [5, 5.41) is 9.34. The lowest BCUT2D eigenvalue weighted by Gasteiger charge is -2.18. The SMILES string of the molecule is Nc1n[nH]c(C(=O)NC[C@@H]2CCN(c3ccccc3)C2)c1Cl. The third-order valence-electron chi connectivity index (χ3n) is 3.92. The molecular weight excluding hydrogens is 302 g/mol. The number of amides is 1. The van der Waals surface area contributed by atoms with E-state index in [4.69, 9.17) is 17.3 Å². The number of H-pyrrole nitrogens is 1. The van der Waals surface area contributed by atoms with E-state index in [1.54, 1.807) is 0 Å². The van der Waals surface area contributed by atoms with E-state index in [0.29, 0.717) is 12.5 Å². The number of rotatable bonds is 4. The zero-order valence-electron chi connectivity index (χ0n) is 12.1. The predicted molar refractivity (Wildman–Crippen MR) is 87.1 cm³/mol. The van der Waals surface area contributed by atoms with Gasteiger partial charge in [-0.3, -0.25) is 9.89 Å². The molecule has 0 saturated carbocycles. The summed E-state index contributed by atoms with van der Waals surface area (Å²) in [6.45, 7) is 2.54. The van der Waals surface area contributed by atoms with E-state index >= 15 is 0 Å². The third-order valence-corrected chi connectivity index (χ3v) is 4.30. The average Bonchev–Trinajstić information content (AvgIpc) is 3.14. The number of anilines is 2. The highest BCUT2D eigenvalue weighted by atomic mass is 35.5. The normalized spacial score (nSPS) is 17.7. The molecule has 1 aliphatic rings. The van der Waals surface area contributed by atoms with Crippen LogP contribution in [0.25, 0.3) is 0 Å². The molecular formula is C15H18ClN5O. The Balaban J connectivity index is 1.53. The summed E-state index contributed by atoms with van der Waals surface area (Å²) in [5.74, 6) is 0.290. The molecule has 7 heteroatoms. The first-order valence-electron chi connectivity index (χ1n) is 7.22. The summed E-state index contributed by atoms with van der Waals surface area (Å²) < 4.78 is 0. The number of aromatic nitrogens is 2. The number of carbonyl (C=O) groups is 1. The van der Waals surface area contributed by atoms with Gasteiger partial charge < -0.3 is 16.0 Å². The van der Waals surface area contributed by atoms with Crippen molar-refractivity contribution < 1.29 is 4.79 Å². The second kappa shape index (κ2) is 6.27. The van der Waals surface area contributed by atoms with Crippen molar-refractivity contribution in [2.24, 2.45) is 5.92 Å². The summed E-state index contributed by atoms with van der Waals surface area (Å²) in [6.07, 6.45) is 1.05. The first-order chi connectivity index (χ1) is 10.6. The molecule has 0 spiro atoms. The summed E-state index contributed by atoms with van der Waals surface area (Å²) in [5.41, 5.74) is 6.96. The topological polar surface area (TPSA) is 87.0 Å². The van der Waals surface area contributed by atoms with E-state index < -0.39 is 0 Å². The van der Waals surface area contributed by atoms with Crippen LogP contribution in [0.15, 0.2) is 30.3 Å². The molecule has 1 amide bonds. The van der Waals surface area contributed by atoms with Gasteiger partial charge in [-0.2, -0.15) is 5.10 Å². The van der Waals surface area contributed by atoms with Crippen LogP contribution in [-0.4, -0.2) is 35.7 Å². The third kappa shape index (κ3) is 3.01. The van der Waals surface area contributed by atoms with Crippen molar-refractivity contribution in [2.45, 2.75) is 6.42 Å². The fraction of sp³-hybridized carbons (Fsp3) is 0.333. The summed E-state index contributed by atoms with van der Waals surface area (Å²) in [6, 6.07) is 10.3. The Kier molecular flexibility index (Phi) is 4.20. The van der Waals surface area contributed by atoms with Crippen molar-refractivity contribution >= 4 is 29.0 Å². The highest BCUT2D eigenvalue weighted by Gasteiger charge is 2.24. The molecule has 2 heterocycles. The van der Waals surface area contributed by atoms with Crippen LogP contribution < -0.4 is 16.0 Å². The van der Waals surface area contributed by atoms with Crippen molar-refractivity contribution in [3.8, 4) is 0 Å². The minimum Gasteiger partial charge on any atom is -0.381 e. The highest BCUT2D eigenvalue weighted by molar-refractivity contribution is 6.35. The number of carbonyl (C=O) groups excluding carboxylic acids is 1. The van der Waals surface area contributed by atoms with Crippen molar-refractivity contribution in [1.82, 2.24) is 15.5 Å². The monoisotopic (exact) mass is 319 g/mol. The molecule has 116 valence electrons. The number of nitrogens with zero attached hydrogens (tertiary/aromatic N) is 2. The maximum absolute atomic E-state index is 12.1. The van der Waals surface area contributed by atoms with Gasteiger partial charge in [-0.05, 0) is 24.5 Å². The first-order valence-corrected chi connectivity index (χ1v) is 7.60. The molecule has 6 nitrogen and oxygen atoms in total. The van der Waals surface area contributed by atoms with Crippen LogP contribution in [0.3, 0.4) is 0 Å². The smallest absolute Gasteiger partial charge is 0.270 e. The predicted octanol–water partition coefficient (Wildman–Crippen LogP) is 1.90. The zero-order chi connectivity index (χ0) is 15.5. The standard InChI is InChI=1S/C15H18ClN5O/c16-12-13(19-20-14(12)17)15(22)18-8-10-6-7-21(9-10)11-4-2-1-3-5-11/h1-5,10H,6-9H2,(H,18,22)(H3,17,19,20)/t10-/m0/s1. The Labute approximate surface area is 133 Å². The Morgan fingerprint density at radius 3 is 2.91 bits per heavy atom. The van der Waals surface area contributed by atoms with Crippen molar-refractivity contribution in [2.75, 3.05) is 30.3 Å². The van der Waals surface area contributed by atoms with Gasteiger partial charge in [-0.25, -0.2) is 0 Å². The van der Waals surface area contributed by atoms with E-state index in [9.17, 15) is 4.79 Å². The minimum absolute atomic E-state index is 0.142. The fourth-order valence-electron chi connectivity index (χ4n) is 2.69. The van der Waals surface area contributed by atoms with Gasteiger partial charge in [0.1, 0.15) is 10.7 Å². The molecule has 1 atom stereocenters. The largest absolute Gasteiger partial charge is 0.381 e. The number of benzene rings is 1. The summed E-state index contributed by atoms with van der Waals surface area (Å²) >= 11 is 5.91. The number of aromatic amines is 1. The van der Waals surface area contributed by atoms with Crippen molar-refractivity contribution in [3.63, 3.8) is 0 Å². The highest BCUT2D eigenvalue weighted by Crippen LogP contribution is 2.23. The van der Waals surface area contributed by atoms with Gasteiger partial charge in [0.25, 0.3) is 5.91 Å². The van der Waals surface area contributed by atoms with Crippen LogP contribution in [-0.2, 0) is 0 Å². The number of nitrogen functional groups attached to an aromatic ring is 1. The van der Waals surface area contributed by atoms with Gasteiger partial charge in [-0.15, -0.1) is 0 Å². The van der Waals surface area contributed by atoms with Crippen molar-refractivity contribution in [3.05, 3.63) is 41.0 Å². The molecule has 2 aromatic rings. The first kappa shape index (κ1) is 14.7. The molecule has 1 aromatic heterocycles. The van der Waals surface area contributed by atoms with E-state index in [2.05, 4.69) is 32.5 Å². The van der Waals surface area contributed by atoms with Crippen molar-refractivity contribution in [1.29, 1.82) is 0 Å². The van der Waals surface area contributed by atoms with E-state index in [0.717, 1.165) is 19.5 Å². The van der Waals surface area contributed by atoms with Crippen LogP contribution in [0.1, 0.15) is 16.9 Å². The fourth-order valence-corrected chi connectivity index (χ4v) is 2.86. The minimum atomic E-state index is -0.271. The summed E-state index contributed by atoms with van der Waals surface area (Å²) in [7, 11) is 0. The van der Waals surface area contributed by atoms with Crippen LogP contribution in [0, 0.1) is 5.92 Å². The molecule has 3 rings (SSSR count).